The van der Waals surface area contributed by atoms with Gasteiger partial charge in [-0.15, -0.1) is 0 Å². The molecule has 4 nitrogen and oxygen atoms in total. The molecule has 0 unspecified atom stereocenters. The zero-order chi connectivity index (χ0) is 26.8. The lowest BCUT2D eigenvalue weighted by atomic mass is 9.84. The van der Waals surface area contributed by atoms with Gasteiger partial charge < -0.3 is 19.4 Å². The standard InChI is InChI=1S/C33H47N3O/c1-8-11-12-13-24-37-32-25-30(36(9-2)10-3)22-23-31(32)33(26-14-18-28(19-15-26)34(4)5)27-16-20-29(21-17-27)35(6)7/h14-23,25,33H,8-13,24H2,1-7H3. The summed E-state index contributed by atoms with van der Waals surface area (Å²) < 4.78 is 6.57. The van der Waals surface area contributed by atoms with Gasteiger partial charge in [0.05, 0.1) is 6.61 Å². The summed E-state index contributed by atoms with van der Waals surface area (Å²) in [6.07, 6.45) is 4.79. The second kappa shape index (κ2) is 14.0. The Hall–Kier alpha value is -3.14. The van der Waals surface area contributed by atoms with Crippen molar-refractivity contribution >= 4 is 17.1 Å². The summed E-state index contributed by atoms with van der Waals surface area (Å²) in [5.74, 6) is 1.09. The average Bonchev–Trinajstić information content (AvgIpc) is 2.91. The fourth-order valence-electron chi connectivity index (χ4n) is 4.86. The first kappa shape index (κ1) is 28.4. The second-order valence-electron chi connectivity index (χ2n) is 10.2. The van der Waals surface area contributed by atoms with Gasteiger partial charge in [-0.1, -0.05) is 56.5 Å². The van der Waals surface area contributed by atoms with E-state index in [9.17, 15) is 0 Å². The number of rotatable bonds is 14. The molecule has 3 rings (SSSR count). The summed E-state index contributed by atoms with van der Waals surface area (Å²) >= 11 is 0. The number of hydrogen-bond acceptors (Lipinski definition) is 4. The summed E-state index contributed by atoms with van der Waals surface area (Å²) in [6, 6.07) is 24.7. The molecule has 3 aromatic rings. The number of benzene rings is 3. The molecule has 0 atom stereocenters. The number of anilines is 3. The molecule has 0 amide bonds. The normalized spacial score (nSPS) is 11.0. The summed E-state index contributed by atoms with van der Waals surface area (Å²) in [5, 5.41) is 0. The largest absolute Gasteiger partial charge is 0.493 e. The highest BCUT2D eigenvalue weighted by Crippen LogP contribution is 2.40. The maximum absolute atomic E-state index is 6.57. The van der Waals surface area contributed by atoms with E-state index in [1.54, 1.807) is 0 Å². The van der Waals surface area contributed by atoms with E-state index in [1.165, 1.54) is 53.0 Å². The van der Waals surface area contributed by atoms with Crippen molar-refractivity contribution in [3.63, 3.8) is 0 Å². The smallest absolute Gasteiger partial charge is 0.125 e. The molecule has 0 spiro atoms. The van der Waals surface area contributed by atoms with E-state index in [0.29, 0.717) is 0 Å². The van der Waals surface area contributed by atoms with E-state index in [-0.39, 0.29) is 5.92 Å². The van der Waals surface area contributed by atoms with Crippen LogP contribution in [0, 0.1) is 0 Å². The van der Waals surface area contributed by atoms with Gasteiger partial charge in [0.2, 0.25) is 0 Å². The summed E-state index contributed by atoms with van der Waals surface area (Å²) in [6.45, 7) is 9.38. The van der Waals surface area contributed by atoms with Crippen molar-refractivity contribution in [2.45, 2.75) is 52.4 Å². The summed E-state index contributed by atoms with van der Waals surface area (Å²) in [7, 11) is 8.34. The molecule has 0 radical (unpaired) electrons. The zero-order valence-electron chi connectivity index (χ0n) is 24.1. The van der Waals surface area contributed by atoms with Crippen LogP contribution in [-0.2, 0) is 0 Å². The van der Waals surface area contributed by atoms with Crippen molar-refractivity contribution in [2.75, 3.05) is 62.6 Å². The molecule has 3 aromatic carbocycles. The Bertz CT molecular complexity index is 1020. The maximum atomic E-state index is 6.57. The molecule has 4 heteroatoms. The topological polar surface area (TPSA) is 19.0 Å². The Labute approximate surface area is 225 Å². The van der Waals surface area contributed by atoms with E-state index in [0.717, 1.165) is 31.9 Å². The van der Waals surface area contributed by atoms with Gasteiger partial charge in [-0.2, -0.15) is 0 Å². The Kier molecular flexibility index (Phi) is 10.7. The van der Waals surface area contributed by atoms with Crippen LogP contribution in [0.15, 0.2) is 66.7 Å². The van der Waals surface area contributed by atoms with E-state index < -0.39 is 0 Å². The van der Waals surface area contributed by atoms with Crippen molar-refractivity contribution in [3.05, 3.63) is 83.4 Å². The Morgan fingerprint density at radius 1 is 0.622 bits per heavy atom. The highest BCUT2D eigenvalue weighted by Gasteiger charge is 2.22. The van der Waals surface area contributed by atoms with Crippen LogP contribution in [0.1, 0.15) is 69.1 Å². The maximum Gasteiger partial charge on any atom is 0.125 e. The Morgan fingerprint density at radius 2 is 1.14 bits per heavy atom. The van der Waals surface area contributed by atoms with Gasteiger partial charge >= 0.3 is 0 Å². The monoisotopic (exact) mass is 501 g/mol. The Morgan fingerprint density at radius 3 is 1.59 bits per heavy atom. The third-order valence-electron chi connectivity index (χ3n) is 7.18. The lowest BCUT2D eigenvalue weighted by Crippen LogP contribution is -2.22. The van der Waals surface area contributed by atoms with Crippen LogP contribution < -0.4 is 19.4 Å². The van der Waals surface area contributed by atoms with Gasteiger partial charge in [0.15, 0.2) is 0 Å². The molecule has 200 valence electrons. The number of unbranched alkanes of at least 4 members (excludes halogenated alkanes) is 3. The molecule has 0 N–H and O–H groups in total. The fraction of sp³-hybridized carbons (Fsp3) is 0.455. The highest BCUT2D eigenvalue weighted by atomic mass is 16.5. The number of nitrogens with zero attached hydrogens (tertiary/aromatic N) is 3. The number of ether oxygens (including phenoxy) is 1. The first-order valence-electron chi connectivity index (χ1n) is 14.0. The van der Waals surface area contributed by atoms with Crippen LogP contribution in [0.3, 0.4) is 0 Å². The van der Waals surface area contributed by atoms with Crippen molar-refractivity contribution in [2.24, 2.45) is 0 Å². The third kappa shape index (κ3) is 7.44. The van der Waals surface area contributed by atoms with Crippen molar-refractivity contribution < 1.29 is 4.74 Å². The molecule has 0 bridgehead atoms. The van der Waals surface area contributed by atoms with Gasteiger partial charge in [0, 0.05) is 75.9 Å². The van der Waals surface area contributed by atoms with Crippen molar-refractivity contribution in [1.82, 2.24) is 0 Å². The summed E-state index contributed by atoms with van der Waals surface area (Å²) in [4.78, 5) is 6.68. The van der Waals surface area contributed by atoms with E-state index >= 15 is 0 Å². The molecular formula is C33H47N3O. The molecule has 0 saturated heterocycles. The Balaban J connectivity index is 2.09. The highest BCUT2D eigenvalue weighted by molar-refractivity contribution is 5.60. The molecular weight excluding hydrogens is 454 g/mol. The first-order valence-corrected chi connectivity index (χ1v) is 14.0. The van der Waals surface area contributed by atoms with Crippen LogP contribution in [0.25, 0.3) is 0 Å². The molecule has 0 aliphatic heterocycles. The first-order chi connectivity index (χ1) is 17.9. The van der Waals surface area contributed by atoms with Crippen LogP contribution >= 0.6 is 0 Å². The zero-order valence-corrected chi connectivity index (χ0v) is 24.1. The van der Waals surface area contributed by atoms with E-state index in [4.69, 9.17) is 4.74 Å². The number of hydrogen-bond donors (Lipinski definition) is 0. The molecule has 37 heavy (non-hydrogen) atoms. The fourth-order valence-corrected chi connectivity index (χ4v) is 4.86. The van der Waals surface area contributed by atoms with Crippen LogP contribution in [0.4, 0.5) is 17.1 Å². The van der Waals surface area contributed by atoms with E-state index in [2.05, 4.69) is 130 Å². The molecule has 0 aromatic heterocycles. The lowest BCUT2D eigenvalue weighted by molar-refractivity contribution is 0.302. The van der Waals surface area contributed by atoms with Crippen molar-refractivity contribution in [3.8, 4) is 5.75 Å². The molecule has 0 saturated carbocycles. The molecule has 0 heterocycles. The molecule has 0 aliphatic carbocycles. The van der Waals surface area contributed by atoms with E-state index in [1.807, 2.05) is 0 Å². The minimum absolute atomic E-state index is 0.0869. The average molecular weight is 502 g/mol. The van der Waals surface area contributed by atoms with Gasteiger partial charge in [-0.3, -0.25) is 0 Å². The predicted octanol–water partition coefficient (Wildman–Crippen LogP) is 7.80. The minimum Gasteiger partial charge on any atom is -0.493 e. The molecule has 0 fully saturated rings. The minimum atomic E-state index is 0.0869. The van der Waals surface area contributed by atoms with Crippen LogP contribution in [0.2, 0.25) is 0 Å². The predicted molar refractivity (Wildman–Crippen MR) is 162 cm³/mol. The van der Waals surface area contributed by atoms with Gasteiger partial charge in [0.25, 0.3) is 0 Å². The SMILES string of the molecule is CCCCCCOc1cc(N(CC)CC)ccc1C(c1ccc(N(C)C)cc1)c1ccc(N(C)C)cc1. The van der Waals surface area contributed by atoms with Gasteiger partial charge in [-0.25, -0.2) is 0 Å². The second-order valence-corrected chi connectivity index (χ2v) is 10.2. The van der Waals surface area contributed by atoms with Crippen molar-refractivity contribution in [1.29, 1.82) is 0 Å². The third-order valence-corrected chi connectivity index (χ3v) is 7.18. The summed E-state index contributed by atoms with van der Waals surface area (Å²) in [5.41, 5.74) is 7.40. The van der Waals surface area contributed by atoms with Gasteiger partial charge in [-0.05, 0) is 61.7 Å². The molecule has 0 aliphatic rings. The quantitative estimate of drug-likeness (QED) is 0.166. The lowest BCUT2D eigenvalue weighted by Gasteiger charge is -2.26. The van der Waals surface area contributed by atoms with Crippen LogP contribution in [-0.4, -0.2) is 47.9 Å². The van der Waals surface area contributed by atoms with Gasteiger partial charge in [0.1, 0.15) is 5.75 Å². The van der Waals surface area contributed by atoms with Crippen LogP contribution in [0.5, 0.6) is 5.75 Å².